The Morgan fingerprint density at radius 1 is 1.41 bits per heavy atom. The van der Waals surface area contributed by atoms with Crippen molar-refractivity contribution in [3.8, 4) is 0 Å². The maximum Gasteiger partial charge on any atom is 0.406 e. The SMILES string of the molecule is O=C(O)CN(CC(F)(F)F)C(=O)[C@H]1CCCN1. The number of rotatable bonds is 4. The molecule has 0 saturated carbocycles. The second-order valence-corrected chi connectivity index (χ2v) is 3.85. The van der Waals surface area contributed by atoms with Crippen molar-refractivity contribution in [2.75, 3.05) is 19.6 Å². The number of carboxylic acids is 1. The summed E-state index contributed by atoms with van der Waals surface area (Å²) in [5, 5.41) is 11.2. The van der Waals surface area contributed by atoms with Crippen molar-refractivity contribution in [2.45, 2.75) is 25.1 Å². The molecule has 0 aromatic carbocycles. The summed E-state index contributed by atoms with van der Waals surface area (Å²) in [5.41, 5.74) is 0. The van der Waals surface area contributed by atoms with E-state index in [2.05, 4.69) is 5.32 Å². The quantitative estimate of drug-likeness (QED) is 0.752. The van der Waals surface area contributed by atoms with Crippen LogP contribution in [-0.2, 0) is 9.59 Å². The van der Waals surface area contributed by atoms with Gasteiger partial charge in [0.2, 0.25) is 5.91 Å². The molecular formula is C9H13F3N2O3. The van der Waals surface area contributed by atoms with Crippen LogP contribution in [0.1, 0.15) is 12.8 Å². The highest BCUT2D eigenvalue weighted by atomic mass is 19.4. The number of amides is 1. The van der Waals surface area contributed by atoms with E-state index in [4.69, 9.17) is 5.11 Å². The van der Waals surface area contributed by atoms with E-state index in [1.54, 1.807) is 0 Å². The highest BCUT2D eigenvalue weighted by Crippen LogP contribution is 2.18. The zero-order valence-electron chi connectivity index (χ0n) is 8.96. The molecule has 1 aliphatic rings. The van der Waals surface area contributed by atoms with E-state index in [-0.39, 0.29) is 0 Å². The van der Waals surface area contributed by atoms with Gasteiger partial charge in [-0.25, -0.2) is 0 Å². The lowest BCUT2D eigenvalue weighted by Gasteiger charge is -2.24. The number of carbonyl (C=O) groups is 2. The number of aliphatic carboxylic acids is 1. The van der Waals surface area contributed by atoms with Crippen molar-refractivity contribution >= 4 is 11.9 Å². The number of alkyl halides is 3. The van der Waals surface area contributed by atoms with Gasteiger partial charge >= 0.3 is 12.1 Å². The van der Waals surface area contributed by atoms with Gasteiger partial charge < -0.3 is 15.3 Å². The molecule has 0 aliphatic carbocycles. The van der Waals surface area contributed by atoms with Gasteiger partial charge in [-0.3, -0.25) is 9.59 Å². The van der Waals surface area contributed by atoms with Crippen molar-refractivity contribution in [3.63, 3.8) is 0 Å². The topological polar surface area (TPSA) is 69.6 Å². The summed E-state index contributed by atoms with van der Waals surface area (Å²) < 4.78 is 36.6. The second-order valence-electron chi connectivity index (χ2n) is 3.85. The van der Waals surface area contributed by atoms with Gasteiger partial charge in [0.1, 0.15) is 13.1 Å². The number of carboxylic acid groups (broad SMARTS) is 1. The van der Waals surface area contributed by atoms with Crippen LogP contribution in [0.4, 0.5) is 13.2 Å². The second kappa shape index (κ2) is 5.35. The summed E-state index contributed by atoms with van der Waals surface area (Å²) in [4.78, 5) is 22.4. The average molecular weight is 254 g/mol. The smallest absolute Gasteiger partial charge is 0.406 e. The molecule has 1 atom stereocenters. The Balaban J connectivity index is 2.67. The highest BCUT2D eigenvalue weighted by Gasteiger charge is 2.36. The Morgan fingerprint density at radius 3 is 2.47 bits per heavy atom. The fourth-order valence-electron chi connectivity index (χ4n) is 1.71. The predicted molar refractivity (Wildman–Crippen MR) is 51.3 cm³/mol. The minimum atomic E-state index is -4.59. The fraction of sp³-hybridized carbons (Fsp3) is 0.778. The molecule has 0 unspecified atom stereocenters. The molecule has 1 amide bonds. The lowest BCUT2D eigenvalue weighted by molar-refractivity contribution is -0.166. The monoisotopic (exact) mass is 254 g/mol. The molecule has 8 heteroatoms. The van der Waals surface area contributed by atoms with E-state index in [1.165, 1.54) is 0 Å². The summed E-state index contributed by atoms with van der Waals surface area (Å²) in [5.74, 6) is -2.26. The molecule has 17 heavy (non-hydrogen) atoms. The van der Waals surface area contributed by atoms with Gasteiger partial charge in [-0.1, -0.05) is 0 Å². The third kappa shape index (κ3) is 4.59. The third-order valence-electron chi connectivity index (χ3n) is 2.37. The molecule has 0 aromatic rings. The number of hydrogen-bond donors (Lipinski definition) is 2. The highest BCUT2D eigenvalue weighted by molar-refractivity contribution is 5.85. The Kier molecular flexibility index (Phi) is 4.33. The van der Waals surface area contributed by atoms with E-state index in [9.17, 15) is 22.8 Å². The van der Waals surface area contributed by atoms with E-state index >= 15 is 0 Å². The van der Waals surface area contributed by atoms with Crippen LogP contribution in [0.3, 0.4) is 0 Å². The van der Waals surface area contributed by atoms with E-state index in [0.717, 1.165) is 0 Å². The zero-order valence-corrected chi connectivity index (χ0v) is 8.96. The number of nitrogens with one attached hydrogen (secondary N) is 1. The first-order chi connectivity index (χ1) is 7.79. The van der Waals surface area contributed by atoms with Crippen molar-refractivity contribution in [1.82, 2.24) is 10.2 Å². The lowest BCUT2D eigenvalue weighted by atomic mass is 10.2. The van der Waals surface area contributed by atoms with Crippen molar-refractivity contribution in [3.05, 3.63) is 0 Å². The Morgan fingerprint density at radius 2 is 2.06 bits per heavy atom. The Hall–Kier alpha value is -1.31. The van der Waals surface area contributed by atoms with Crippen LogP contribution in [0.5, 0.6) is 0 Å². The molecule has 0 spiro atoms. The first-order valence-corrected chi connectivity index (χ1v) is 5.10. The van der Waals surface area contributed by atoms with Gasteiger partial charge in [-0.05, 0) is 19.4 Å². The molecule has 1 rings (SSSR count). The standard InChI is InChI=1S/C9H13F3N2O3/c10-9(11,12)5-14(4-7(15)16)8(17)6-2-1-3-13-6/h6,13H,1-5H2,(H,15,16)/t6-/m1/s1. The van der Waals surface area contributed by atoms with Gasteiger partial charge in [-0.15, -0.1) is 0 Å². The lowest BCUT2D eigenvalue weighted by Crippen LogP contribution is -2.49. The van der Waals surface area contributed by atoms with Crippen LogP contribution in [0, 0.1) is 0 Å². The largest absolute Gasteiger partial charge is 0.480 e. The maximum atomic E-state index is 12.2. The molecule has 1 aliphatic heterocycles. The fourth-order valence-corrected chi connectivity index (χ4v) is 1.71. The molecule has 2 N–H and O–H groups in total. The molecule has 0 aromatic heterocycles. The van der Waals surface area contributed by atoms with Crippen LogP contribution in [0.2, 0.25) is 0 Å². The molecule has 0 radical (unpaired) electrons. The summed E-state index contributed by atoms with van der Waals surface area (Å²) in [6, 6.07) is -0.698. The summed E-state index contributed by atoms with van der Waals surface area (Å²) in [6.45, 7) is -1.91. The number of halogens is 3. The summed E-state index contributed by atoms with van der Waals surface area (Å²) in [7, 11) is 0. The van der Waals surface area contributed by atoms with Crippen molar-refractivity contribution in [1.29, 1.82) is 0 Å². The van der Waals surface area contributed by atoms with Gasteiger partial charge in [0.15, 0.2) is 0 Å². The minimum Gasteiger partial charge on any atom is -0.480 e. The number of nitrogens with zero attached hydrogens (tertiary/aromatic N) is 1. The van der Waals surface area contributed by atoms with Gasteiger partial charge in [-0.2, -0.15) is 13.2 Å². The number of hydrogen-bond acceptors (Lipinski definition) is 3. The molecule has 1 saturated heterocycles. The molecule has 1 heterocycles. The van der Waals surface area contributed by atoms with Crippen molar-refractivity contribution in [2.24, 2.45) is 0 Å². The third-order valence-corrected chi connectivity index (χ3v) is 2.37. The normalized spacial score (nSPS) is 20.3. The van der Waals surface area contributed by atoms with Gasteiger partial charge in [0, 0.05) is 0 Å². The molecule has 1 fully saturated rings. The predicted octanol–water partition coefficient (Wildman–Crippen LogP) is 0.214. The van der Waals surface area contributed by atoms with Crippen LogP contribution in [0.15, 0.2) is 0 Å². The molecule has 0 bridgehead atoms. The van der Waals surface area contributed by atoms with Crippen molar-refractivity contribution < 1.29 is 27.9 Å². The average Bonchev–Trinajstić information content (AvgIpc) is 2.65. The van der Waals surface area contributed by atoms with Gasteiger partial charge in [0.05, 0.1) is 6.04 Å². The van der Waals surface area contributed by atoms with Gasteiger partial charge in [0.25, 0.3) is 0 Å². The molecular weight excluding hydrogens is 241 g/mol. The summed E-state index contributed by atoms with van der Waals surface area (Å²) >= 11 is 0. The Labute approximate surface area is 95.6 Å². The minimum absolute atomic E-state index is 0.325. The van der Waals surface area contributed by atoms with E-state index in [1.807, 2.05) is 0 Å². The van der Waals surface area contributed by atoms with Crippen LogP contribution in [-0.4, -0.2) is 53.7 Å². The zero-order chi connectivity index (χ0) is 13.1. The molecule has 98 valence electrons. The number of carbonyl (C=O) groups excluding carboxylic acids is 1. The first-order valence-electron chi connectivity index (χ1n) is 5.10. The van der Waals surface area contributed by atoms with Crippen LogP contribution in [0.25, 0.3) is 0 Å². The summed E-state index contributed by atoms with van der Waals surface area (Å²) in [6.07, 6.45) is -3.46. The first kappa shape index (κ1) is 13.8. The van der Waals surface area contributed by atoms with E-state index < -0.39 is 37.2 Å². The van der Waals surface area contributed by atoms with E-state index in [0.29, 0.717) is 24.3 Å². The van der Waals surface area contributed by atoms with Crippen LogP contribution >= 0.6 is 0 Å². The maximum absolute atomic E-state index is 12.2. The Bertz CT molecular complexity index is 300. The van der Waals surface area contributed by atoms with Crippen LogP contribution < -0.4 is 5.32 Å². The molecule has 5 nitrogen and oxygen atoms in total.